The molecular weight excluding hydrogens is 346 g/mol. The summed E-state index contributed by atoms with van der Waals surface area (Å²) in [5, 5.41) is 0. The SMILES string of the molecule is COc1cc(OC)cc(C(=O)N2CCC(C(=O)OC3CCCCC3)CC2)c1. The van der Waals surface area contributed by atoms with Crippen molar-refractivity contribution in [3.63, 3.8) is 0 Å². The molecule has 0 radical (unpaired) electrons. The molecule has 1 heterocycles. The fraction of sp³-hybridized carbons (Fsp3) is 0.619. The van der Waals surface area contributed by atoms with E-state index in [1.807, 2.05) is 0 Å². The molecule has 2 aliphatic rings. The molecule has 0 atom stereocenters. The summed E-state index contributed by atoms with van der Waals surface area (Å²) in [6.07, 6.45) is 6.90. The van der Waals surface area contributed by atoms with Crippen molar-refractivity contribution in [2.45, 2.75) is 51.0 Å². The number of carbonyl (C=O) groups excluding carboxylic acids is 2. The first-order valence-electron chi connectivity index (χ1n) is 9.83. The van der Waals surface area contributed by atoms with Crippen LogP contribution >= 0.6 is 0 Å². The molecule has 0 unspecified atom stereocenters. The Balaban J connectivity index is 1.55. The van der Waals surface area contributed by atoms with E-state index in [0.29, 0.717) is 43.0 Å². The lowest BCUT2D eigenvalue weighted by molar-refractivity contribution is -0.157. The minimum Gasteiger partial charge on any atom is -0.497 e. The number of likely N-dealkylation sites (tertiary alicyclic amines) is 1. The Bertz CT molecular complexity index is 638. The van der Waals surface area contributed by atoms with Crippen LogP contribution in [0.25, 0.3) is 0 Å². The van der Waals surface area contributed by atoms with Crippen LogP contribution in [0.15, 0.2) is 18.2 Å². The lowest BCUT2D eigenvalue weighted by Gasteiger charge is -2.32. The van der Waals surface area contributed by atoms with Crippen LogP contribution in [0.2, 0.25) is 0 Å². The second kappa shape index (κ2) is 9.11. The van der Waals surface area contributed by atoms with Gasteiger partial charge in [-0.3, -0.25) is 9.59 Å². The van der Waals surface area contributed by atoms with Gasteiger partial charge in [-0.25, -0.2) is 0 Å². The van der Waals surface area contributed by atoms with Gasteiger partial charge < -0.3 is 19.1 Å². The maximum Gasteiger partial charge on any atom is 0.309 e. The van der Waals surface area contributed by atoms with E-state index in [9.17, 15) is 9.59 Å². The predicted octanol–water partition coefficient (Wildman–Crippen LogP) is 3.43. The number of hydrogen-bond donors (Lipinski definition) is 0. The van der Waals surface area contributed by atoms with E-state index >= 15 is 0 Å². The van der Waals surface area contributed by atoms with Gasteiger partial charge in [0.25, 0.3) is 5.91 Å². The monoisotopic (exact) mass is 375 g/mol. The Labute approximate surface area is 160 Å². The number of benzene rings is 1. The van der Waals surface area contributed by atoms with Crippen molar-refractivity contribution in [1.29, 1.82) is 0 Å². The zero-order valence-electron chi connectivity index (χ0n) is 16.2. The minimum atomic E-state index is -0.101. The molecule has 1 amide bonds. The standard InChI is InChI=1S/C21H29NO5/c1-25-18-12-16(13-19(14-18)26-2)20(23)22-10-8-15(9-11-22)21(24)27-17-6-4-3-5-7-17/h12-15,17H,3-11H2,1-2H3. The number of nitrogens with zero attached hydrogens (tertiary/aromatic N) is 1. The Kier molecular flexibility index (Phi) is 6.58. The van der Waals surface area contributed by atoms with Crippen LogP contribution in [0.4, 0.5) is 0 Å². The summed E-state index contributed by atoms with van der Waals surface area (Å²) >= 11 is 0. The molecule has 0 spiro atoms. The normalized spacial score (nSPS) is 18.8. The highest BCUT2D eigenvalue weighted by atomic mass is 16.5. The van der Waals surface area contributed by atoms with Gasteiger partial charge >= 0.3 is 5.97 Å². The maximum absolute atomic E-state index is 12.8. The molecule has 1 aliphatic carbocycles. The van der Waals surface area contributed by atoms with Gasteiger partial charge in [0.2, 0.25) is 0 Å². The maximum atomic E-state index is 12.8. The molecular formula is C21H29NO5. The topological polar surface area (TPSA) is 65.1 Å². The van der Waals surface area contributed by atoms with Crippen molar-refractivity contribution in [3.05, 3.63) is 23.8 Å². The highest BCUT2D eigenvalue weighted by Gasteiger charge is 2.30. The summed E-state index contributed by atoms with van der Waals surface area (Å²) in [6, 6.07) is 5.17. The zero-order chi connectivity index (χ0) is 19.2. The van der Waals surface area contributed by atoms with Gasteiger partial charge in [0.05, 0.1) is 20.1 Å². The number of carbonyl (C=O) groups is 2. The molecule has 3 rings (SSSR count). The molecule has 148 valence electrons. The molecule has 27 heavy (non-hydrogen) atoms. The summed E-state index contributed by atoms with van der Waals surface area (Å²) in [6.45, 7) is 1.12. The first-order chi connectivity index (χ1) is 13.1. The molecule has 1 aromatic carbocycles. The molecule has 2 fully saturated rings. The van der Waals surface area contributed by atoms with E-state index in [1.54, 1.807) is 37.3 Å². The van der Waals surface area contributed by atoms with Crippen molar-refractivity contribution < 1.29 is 23.8 Å². The number of methoxy groups -OCH3 is 2. The largest absolute Gasteiger partial charge is 0.497 e. The Morgan fingerprint density at radius 2 is 1.48 bits per heavy atom. The number of rotatable bonds is 5. The summed E-state index contributed by atoms with van der Waals surface area (Å²) in [5.41, 5.74) is 0.537. The number of hydrogen-bond acceptors (Lipinski definition) is 5. The first kappa shape index (κ1) is 19.5. The molecule has 6 nitrogen and oxygen atoms in total. The Hall–Kier alpha value is -2.24. The van der Waals surface area contributed by atoms with E-state index in [4.69, 9.17) is 14.2 Å². The van der Waals surface area contributed by atoms with Gasteiger partial charge in [0.15, 0.2) is 0 Å². The van der Waals surface area contributed by atoms with Crippen LogP contribution in [0.5, 0.6) is 11.5 Å². The number of ether oxygens (including phenoxy) is 3. The van der Waals surface area contributed by atoms with Gasteiger partial charge in [-0.15, -0.1) is 0 Å². The third-order valence-corrected chi connectivity index (χ3v) is 5.55. The van der Waals surface area contributed by atoms with Crippen molar-refractivity contribution >= 4 is 11.9 Å². The quantitative estimate of drug-likeness (QED) is 0.738. The molecule has 1 saturated heterocycles. The van der Waals surface area contributed by atoms with E-state index in [2.05, 4.69) is 0 Å². The van der Waals surface area contributed by atoms with Crippen molar-refractivity contribution in [2.75, 3.05) is 27.3 Å². The molecule has 1 aliphatic heterocycles. The summed E-state index contributed by atoms with van der Waals surface area (Å²) in [5.74, 6) is 0.923. The highest BCUT2D eigenvalue weighted by Crippen LogP contribution is 2.27. The number of amides is 1. The third kappa shape index (κ3) is 4.93. The van der Waals surface area contributed by atoms with Gasteiger partial charge in [-0.1, -0.05) is 6.42 Å². The van der Waals surface area contributed by atoms with Crippen LogP contribution in [-0.2, 0) is 9.53 Å². The number of esters is 1. The molecule has 0 bridgehead atoms. The highest BCUT2D eigenvalue weighted by molar-refractivity contribution is 5.95. The van der Waals surface area contributed by atoms with Crippen LogP contribution in [-0.4, -0.2) is 50.2 Å². The number of piperidine rings is 1. The van der Waals surface area contributed by atoms with Gasteiger partial charge in [-0.2, -0.15) is 0 Å². The van der Waals surface area contributed by atoms with Gasteiger partial charge in [0, 0.05) is 24.7 Å². The zero-order valence-corrected chi connectivity index (χ0v) is 16.2. The van der Waals surface area contributed by atoms with Crippen LogP contribution in [0.1, 0.15) is 55.3 Å². The van der Waals surface area contributed by atoms with E-state index in [-0.39, 0.29) is 23.9 Å². The van der Waals surface area contributed by atoms with Crippen molar-refractivity contribution in [3.8, 4) is 11.5 Å². The second-order valence-electron chi connectivity index (χ2n) is 7.36. The first-order valence-corrected chi connectivity index (χ1v) is 9.83. The van der Waals surface area contributed by atoms with Crippen molar-refractivity contribution in [1.82, 2.24) is 4.90 Å². The molecule has 6 heteroatoms. The fourth-order valence-electron chi connectivity index (χ4n) is 3.88. The summed E-state index contributed by atoms with van der Waals surface area (Å²) in [7, 11) is 3.12. The predicted molar refractivity (Wildman–Crippen MR) is 101 cm³/mol. The lowest BCUT2D eigenvalue weighted by atomic mass is 9.95. The van der Waals surface area contributed by atoms with Gasteiger partial charge in [-0.05, 0) is 50.7 Å². The van der Waals surface area contributed by atoms with Crippen molar-refractivity contribution in [2.24, 2.45) is 5.92 Å². The van der Waals surface area contributed by atoms with E-state index in [1.165, 1.54) is 6.42 Å². The van der Waals surface area contributed by atoms with Crippen LogP contribution < -0.4 is 9.47 Å². The van der Waals surface area contributed by atoms with Crippen LogP contribution in [0, 0.1) is 5.92 Å². The average Bonchev–Trinajstić information content (AvgIpc) is 2.73. The molecule has 0 N–H and O–H groups in total. The van der Waals surface area contributed by atoms with E-state index in [0.717, 1.165) is 25.7 Å². The Morgan fingerprint density at radius 3 is 2.04 bits per heavy atom. The molecule has 0 aromatic heterocycles. The second-order valence-corrected chi connectivity index (χ2v) is 7.36. The summed E-state index contributed by atoms with van der Waals surface area (Å²) < 4.78 is 16.2. The average molecular weight is 375 g/mol. The molecule has 1 saturated carbocycles. The lowest BCUT2D eigenvalue weighted by Crippen LogP contribution is -2.41. The van der Waals surface area contributed by atoms with E-state index < -0.39 is 0 Å². The third-order valence-electron chi connectivity index (χ3n) is 5.55. The summed E-state index contributed by atoms with van der Waals surface area (Å²) in [4.78, 5) is 27.0. The minimum absolute atomic E-state index is 0.0636. The molecule has 1 aromatic rings. The van der Waals surface area contributed by atoms with Crippen LogP contribution in [0.3, 0.4) is 0 Å². The fourth-order valence-corrected chi connectivity index (χ4v) is 3.88. The smallest absolute Gasteiger partial charge is 0.309 e. The van der Waals surface area contributed by atoms with Gasteiger partial charge in [0.1, 0.15) is 17.6 Å². The Morgan fingerprint density at radius 1 is 0.889 bits per heavy atom.